The van der Waals surface area contributed by atoms with E-state index in [2.05, 4.69) is 5.32 Å². The summed E-state index contributed by atoms with van der Waals surface area (Å²) in [6.45, 7) is 5.77. The fourth-order valence-corrected chi connectivity index (χ4v) is 1.64. The molecule has 0 aromatic heterocycles. The van der Waals surface area contributed by atoms with Gasteiger partial charge in [-0.2, -0.15) is 0 Å². The van der Waals surface area contributed by atoms with Crippen LogP contribution in [0.15, 0.2) is 0 Å². The van der Waals surface area contributed by atoms with Crippen LogP contribution >= 0.6 is 0 Å². The van der Waals surface area contributed by atoms with E-state index in [1.54, 1.807) is 12.0 Å². The molecule has 0 aromatic rings. The molecule has 1 atom stereocenters. The van der Waals surface area contributed by atoms with Crippen molar-refractivity contribution >= 4 is 11.8 Å². The van der Waals surface area contributed by atoms with Crippen molar-refractivity contribution in [2.45, 2.75) is 20.0 Å². The van der Waals surface area contributed by atoms with Crippen molar-refractivity contribution in [1.82, 2.24) is 10.2 Å². The maximum Gasteiger partial charge on any atom is 0.248 e. The summed E-state index contributed by atoms with van der Waals surface area (Å²) in [4.78, 5) is 24.7. The predicted octanol–water partition coefficient (Wildman–Crippen LogP) is -0.368. The Balaban J connectivity index is 2.35. The second-order valence-electron chi connectivity index (χ2n) is 4.67. The molecule has 0 saturated carbocycles. The highest BCUT2D eigenvalue weighted by Crippen LogP contribution is 2.06. The highest BCUT2D eigenvalue weighted by Gasteiger charge is 2.26. The van der Waals surface area contributed by atoms with Gasteiger partial charge in [-0.15, -0.1) is 0 Å². The van der Waals surface area contributed by atoms with E-state index < -0.39 is 0 Å². The fourth-order valence-electron chi connectivity index (χ4n) is 1.64. The van der Waals surface area contributed by atoms with Gasteiger partial charge in [0.05, 0.1) is 12.7 Å². The molecule has 18 heavy (non-hydrogen) atoms. The van der Waals surface area contributed by atoms with Crippen LogP contribution in [0.4, 0.5) is 0 Å². The molecule has 0 radical (unpaired) electrons. The summed E-state index contributed by atoms with van der Waals surface area (Å²) >= 11 is 0. The molecule has 1 unspecified atom stereocenters. The second-order valence-corrected chi connectivity index (χ2v) is 4.67. The number of ether oxygens (including phenoxy) is 2. The predicted molar refractivity (Wildman–Crippen MR) is 66.0 cm³/mol. The monoisotopic (exact) mass is 258 g/mol. The van der Waals surface area contributed by atoms with E-state index in [0.29, 0.717) is 26.2 Å². The van der Waals surface area contributed by atoms with Gasteiger partial charge in [0.25, 0.3) is 0 Å². The lowest BCUT2D eigenvalue weighted by atomic mass is 10.2. The zero-order valence-electron chi connectivity index (χ0n) is 11.3. The largest absolute Gasteiger partial charge is 0.383 e. The van der Waals surface area contributed by atoms with Crippen molar-refractivity contribution in [2.75, 3.05) is 40.0 Å². The fraction of sp³-hybridized carbons (Fsp3) is 0.833. The first-order valence-corrected chi connectivity index (χ1v) is 6.20. The second kappa shape index (κ2) is 7.33. The molecule has 2 amide bonds. The third kappa shape index (κ3) is 4.62. The lowest BCUT2D eigenvalue weighted by Crippen LogP contribution is -2.51. The number of hydrogen-bond donors (Lipinski definition) is 1. The summed E-state index contributed by atoms with van der Waals surface area (Å²) in [5, 5.41) is 2.81. The smallest absolute Gasteiger partial charge is 0.248 e. The number of nitrogens with one attached hydrogen (secondary N) is 1. The molecule has 6 nitrogen and oxygen atoms in total. The molecule has 1 aliphatic rings. The van der Waals surface area contributed by atoms with Gasteiger partial charge in [0.15, 0.2) is 0 Å². The number of nitrogens with zero attached hydrogens (tertiary/aromatic N) is 1. The van der Waals surface area contributed by atoms with Crippen LogP contribution in [-0.2, 0) is 19.1 Å². The minimum absolute atomic E-state index is 0.000980. The van der Waals surface area contributed by atoms with Crippen molar-refractivity contribution in [1.29, 1.82) is 0 Å². The van der Waals surface area contributed by atoms with E-state index in [4.69, 9.17) is 9.47 Å². The van der Waals surface area contributed by atoms with E-state index in [1.165, 1.54) is 0 Å². The number of carbonyl (C=O) groups excluding carboxylic acids is 2. The minimum atomic E-state index is -0.137. The molecule has 0 spiro atoms. The van der Waals surface area contributed by atoms with Crippen molar-refractivity contribution < 1.29 is 19.1 Å². The molecule has 1 rings (SSSR count). The van der Waals surface area contributed by atoms with Crippen LogP contribution in [0.25, 0.3) is 0 Å². The Morgan fingerprint density at radius 3 is 2.94 bits per heavy atom. The first-order chi connectivity index (χ1) is 8.54. The van der Waals surface area contributed by atoms with E-state index in [1.807, 2.05) is 13.8 Å². The highest BCUT2D eigenvalue weighted by molar-refractivity contribution is 5.79. The molecule has 0 aromatic carbocycles. The first-order valence-electron chi connectivity index (χ1n) is 6.20. The Morgan fingerprint density at radius 1 is 1.61 bits per heavy atom. The highest BCUT2D eigenvalue weighted by atomic mass is 16.5. The third-order valence-corrected chi connectivity index (χ3v) is 2.81. The van der Waals surface area contributed by atoms with Gasteiger partial charge in [-0.05, 0) is 0 Å². The number of carbonyl (C=O) groups is 2. The summed E-state index contributed by atoms with van der Waals surface area (Å²) in [6.07, 6.45) is -0.137. The third-order valence-electron chi connectivity index (χ3n) is 2.81. The summed E-state index contributed by atoms with van der Waals surface area (Å²) in [5.41, 5.74) is 0. The number of hydrogen-bond acceptors (Lipinski definition) is 4. The van der Waals surface area contributed by atoms with Crippen molar-refractivity contribution in [3.8, 4) is 0 Å². The Kier molecular flexibility index (Phi) is 6.07. The van der Waals surface area contributed by atoms with Crippen LogP contribution in [0.1, 0.15) is 13.8 Å². The van der Waals surface area contributed by atoms with Crippen molar-refractivity contribution in [3.05, 3.63) is 0 Å². The van der Waals surface area contributed by atoms with Crippen LogP contribution in [-0.4, -0.2) is 62.8 Å². The van der Waals surface area contributed by atoms with Gasteiger partial charge in [-0.1, -0.05) is 13.8 Å². The Labute approximate surface area is 108 Å². The molecule has 1 saturated heterocycles. The van der Waals surface area contributed by atoms with Gasteiger partial charge in [0.2, 0.25) is 11.8 Å². The average Bonchev–Trinajstić information content (AvgIpc) is 2.35. The summed E-state index contributed by atoms with van der Waals surface area (Å²) in [5.74, 6) is -0.0720. The average molecular weight is 258 g/mol. The molecule has 1 heterocycles. The number of morpholine rings is 1. The van der Waals surface area contributed by atoms with Crippen molar-refractivity contribution in [3.63, 3.8) is 0 Å². The Bertz CT molecular complexity index is 294. The van der Waals surface area contributed by atoms with Gasteiger partial charge < -0.3 is 19.7 Å². The number of amides is 2. The van der Waals surface area contributed by atoms with Crippen LogP contribution in [0.3, 0.4) is 0 Å². The van der Waals surface area contributed by atoms with Gasteiger partial charge in [0, 0.05) is 32.7 Å². The Morgan fingerprint density at radius 2 is 2.33 bits per heavy atom. The molecular formula is C12H22N2O4. The maximum absolute atomic E-state index is 11.6. The van der Waals surface area contributed by atoms with E-state index >= 15 is 0 Å². The van der Waals surface area contributed by atoms with Crippen molar-refractivity contribution in [2.24, 2.45) is 5.92 Å². The molecule has 1 aliphatic heterocycles. The zero-order chi connectivity index (χ0) is 13.5. The summed E-state index contributed by atoms with van der Waals surface area (Å²) < 4.78 is 10.3. The SMILES string of the molecule is COCCN1CC(CNC(=O)C(C)C)OCC1=O. The maximum atomic E-state index is 11.6. The molecule has 1 fully saturated rings. The van der Waals surface area contributed by atoms with Gasteiger partial charge in [-0.3, -0.25) is 9.59 Å². The molecule has 104 valence electrons. The van der Waals surface area contributed by atoms with Crippen LogP contribution < -0.4 is 5.32 Å². The van der Waals surface area contributed by atoms with E-state index in [0.717, 1.165) is 0 Å². The summed E-state index contributed by atoms with van der Waals surface area (Å²) in [6, 6.07) is 0. The van der Waals surface area contributed by atoms with Gasteiger partial charge >= 0.3 is 0 Å². The van der Waals surface area contributed by atoms with Gasteiger partial charge in [0.1, 0.15) is 6.61 Å². The Hall–Kier alpha value is -1.14. The lowest BCUT2D eigenvalue weighted by Gasteiger charge is -2.32. The van der Waals surface area contributed by atoms with Crippen LogP contribution in [0.5, 0.6) is 0 Å². The van der Waals surface area contributed by atoms with E-state index in [9.17, 15) is 9.59 Å². The van der Waals surface area contributed by atoms with Crippen LogP contribution in [0.2, 0.25) is 0 Å². The quantitative estimate of drug-likeness (QED) is 0.706. The minimum Gasteiger partial charge on any atom is -0.383 e. The standard InChI is InChI=1S/C12H22N2O4/c1-9(2)12(16)13-6-10-7-14(4-5-17-3)11(15)8-18-10/h9-10H,4-8H2,1-3H3,(H,13,16). The molecule has 6 heteroatoms. The molecule has 0 bridgehead atoms. The van der Waals surface area contributed by atoms with Gasteiger partial charge in [-0.25, -0.2) is 0 Å². The van der Waals surface area contributed by atoms with Crippen LogP contribution in [0, 0.1) is 5.92 Å². The normalized spacial score (nSPS) is 20.3. The topological polar surface area (TPSA) is 67.9 Å². The number of rotatable bonds is 6. The molecular weight excluding hydrogens is 236 g/mol. The molecule has 0 aliphatic carbocycles. The van der Waals surface area contributed by atoms with E-state index in [-0.39, 0.29) is 30.4 Å². The first kappa shape index (κ1) is 14.9. The molecule has 1 N–H and O–H groups in total. The number of methoxy groups -OCH3 is 1. The summed E-state index contributed by atoms with van der Waals surface area (Å²) in [7, 11) is 1.60. The zero-order valence-corrected chi connectivity index (χ0v) is 11.3. The lowest BCUT2D eigenvalue weighted by molar-refractivity contribution is -0.149.